The summed E-state index contributed by atoms with van der Waals surface area (Å²) in [4.78, 5) is 11.7. The van der Waals surface area contributed by atoms with Crippen molar-refractivity contribution in [2.75, 3.05) is 0 Å². The molecular formula is C14H18O2. The van der Waals surface area contributed by atoms with Crippen LogP contribution in [0, 0.1) is 0 Å². The zero-order valence-electron chi connectivity index (χ0n) is 10.1. The van der Waals surface area contributed by atoms with E-state index in [1.54, 1.807) is 12.1 Å². The third-order valence-corrected chi connectivity index (χ3v) is 2.54. The van der Waals surface area contributed by atoms with Gasteiger partial charge in [0.2, 0.25) is 0 Å². The fraction of sp³-hybridized carbons (Fsp3) is 0.357. The monoisotopic (exact) mass is 218 g/mol. The maximum atomic E-state index is 11.7. The van der Waals surface area contributed by atoms with Gasteiger partial charge in [0.15, 0.2) is 5.78 Å². The molecule has 0 unspecified atom stereocenters. The molecule has 1 rings (SSSR count). The minimum absolute atomic E-state index is 0.263. The molecule has 2 nitrogen and oxygen atoms in total. The van der Waals surface area contributed by atoms with Gasteiger partial charge in [-0.3, -0.25) is 4.79 Å². The highest BCUT2D eigenvalue weighted by molar-refractivity contribution is 6.01. The number of carbonyl (C=O) groups is 1. The molecule has 0 aliphatic heterocycles. The van der Waals surface area contributed by atoms with E-state index in [9.17, 15) is 9.90 Å². The predicted molar refractivity (Wildman–Crippen MR) is 66.4 cm³/mol. The van der Waals surface area contributed by atoms with Crippen LogP contribution in [-0.4, -0.2) is 16.5 Å². The summed E-state index contributed by atoms with van der Waals surface area (Å²) in [5.74, 6) is -0.263. The van der Waals surface area contributed by atoms with Crippen LogP contribution in [0.2, 0.25) is 0 Å². The van der Waals surface area contributed by atoms with Gasteiger partial charge in [0, 0.05) is 5.56 Å². The second-order valence-electron chi connectivity index (χ2n) is 4.42. The lowest BCUT2D eigenvalue weighted by Gasteiger charge is -2.15. The summed E-state index contributed by atoms with van der Waals surface area (Å²) in [6.45, 7) is 8.96. The van der Waals surface area contributed by atoms with Crippen LogP contribution < -0.4 is 0 Å². The molecule has 0 heterocycles. The molecule has 1 aromatic carbocycles. The molecule has 0 radical (unpaired) electrons. The van der Waals surface area contributed by atoms with E-state index in [-0.39, 0.29) is 5.78 Å². The summed E-state index contributed by atoms with van der Waals surface area (Å²) in [7, 11) is 0. The fourth-order valence-corrected chi connectivity index (χ4v) is 1.41. The lowest BCUT2D eigenvalue weighted by atomic mass is 9.95. The highest BCUT2D eigenvalue weighted by Gasteiger charge is 2.24. The SMILES string of the molecule is C=C(CC)c1ccc(C(=O)C(C)(C)O)cc1. The molecule has 0 saturated carbocycles. The van der Waals surface area contributed by atoms with Gasteiger partial charge in [-0.15, -0.1) is 0 Å². The first-order valence-electron chi connectivity index (χ1n) is 5.41. The Morgan fingerprint density at radius 3 is 2.06 bits per heavy atom. The Morgan fingerprint density at radius 2 is 1.69 bits per heavy atom. The van der Waals surface area contributed by atoms with Gasteiger partial charge in [0.05, 0.1) is 0 Å². The van der Waals surface area contributed by atoms with Crippen LogP contribution in [0.4, 0.5) is 0 Å². The first-order valence-corrected chi connectivity index (χ1v) is 5.41. The maximum absolute atomic E-state index is 11.7. The zero-order chi connectivity index (χ0) is 12.3. The summed E-state index contributed by atoms with van der Waals surface area (Å²) in [5, 5.41) is 9.60. The number of carbonyl (C=O) groups excluding carboxylic acids is 1. The molecule has 1 N–H and O–H groups in total. The van der Waals surface area contributed by atoms with Gasteiger partial charge in [0.25, 0.3) is 0 Å². The summed E-state index contributed by atoms with van der Waals surface area (Å²) in [6, 6.07) is 7.20. The van der Waals surface area contributed by atoms with Gasteiger partial charge in [-0.2, -0.15) is 0 Å². The van der Waals surface area contributed by atoms with Crippen molar-refractivity contribution in [3.63, 3.8) is 0 Å². The molecule has 0 aromatic heterocycles. The summed E-state index contributed by atoms with van der Waals surface area (Å²) >= 11 is 0. The number of hydrogen-bond donors (Lipinski definition) is 1. The van der Waals surface area contributed by atoms with Gasteiger partial charge >= 0.3 is 0 Å². The molecule has 0 spiro atoms. The van der Waals surface area contributed by atoms with Crippen molar-refractivity contribution in [3.05, 3.63) is 42.0 Å². The van der Waals surface area contributed by atoms with Crippen molar-refractivity contribution in [1.82, 2.24) is 0 Å². The van der Waals surface area contributed by atoms with Gasteiger partial charge in [-0.1, -0.05) is 37.8 Å². The van der Waals surface area contributed by atoms with Crippen molar-refractivity contribution < 1.29 is 9.90 Å². The molecule has 2 heteroatoms. The molecule has 0 aliphatic rings. The molecule has 0 fully saturated rings. The lowest BCUT2D eigenvalue weighted by molar-refractivity contribution is 0.0488. The molecule has 16 heavy (non-hydrogen) atoms. The second-order valence-corrected chi connectivity index (χ2v) is 4.42. The van der Waals surface area contributed by atoms with Crippen LogP contribution >= 0.6 is 0 Å². The number of aliphatic hydroxyl groups is 1. The largest absolute Gasteiger partial charge is 0.382 e. The number of rotatable bonds is 4. The third kappa shape index (κ3) is 2.80. The molecule has 1 aromatic rings. The highest BCUT2D eigenvalue weighted by atomic mass is 16.3. The van der Waals surface area contributed by atoms with Crippen molar-refractivity contribution in [1.29, 1.82) is 0 Å². The van der Waals surface area contributed by atoms with E-state index in [2.05, 4.69) is 6.58 Å². The first-order chi connectivity index (χ1) is 7.36. The normalized spacial score (nSPS) is 11.2. The topological polar surface area (TPSA) is 37.3 Å². The molecule has 0 saturated heterocycles. The Labute approximate surface area is 96.6 Å². The second kappa shape index (κ2) is 4.62. The van der Waals surface area contributed by atoms with Crippen LogP contribution in [-0.2, 0) is 0 Å². The van der Waals surface area contributed by atoms with Crippen LogP contribution in [0.1, 0.15) is 43.1 Å². The Kier molecular flexibility index (Phi) is 3.66. The number of ketones is 1. The predicted octanol–water partition coefficient (Wildman–Crippen LogP) is 3.06. The quantitative estimate of drug-likeness (QED) is 0.788. The highest BCUT2D eigenvalue weighted by Crippen LogP contribution is 2.18. The van der Waals surface area contributed by atoms with Crippen molar-refractivity contribution in [2.24, 2.45) is 0 Å². The summed E-state index contributed by atoms with van der Waals surface area (Å²) in [6.07, 6.45) is 0.888. The number of Topliss-reactive ketones (excluding diaryl/α,β-unsaturated/α-hetero) is 1. The van der Waals surface area contributed by atoms with Gasteiger partial charge in [-0.05, 0) is 31.4 Å². The molecule has 86 valence electrons. The van der Waals surface area contributed by atoms with Gasteiger partial charge in [-0.25, -0.2) is 0 Å². The van der Waals surface area contributed by atoms with Gasteiger partial charge < -0.3 is 5.11 Å². The minimum Gasteiger partial charge on any atom is -0.382 e. The van der Waals surface area contributed by atoms with Crippen molar-refractivity contribution in [3.8, 4) is 0 Å². The maximum Gasteiger partial charge on any atom is 0.193 e. The van der Waals surface area contributed by atoms with E-state index in [0.29, 0.717) is 5.56 Å². The number of allylic oxidation sites excluding steroid dienone is 1. The standard InChI is InChI=1S/C14H18O2/c1-5-10(2)11-6-8-12(9-7-11)13(15)14(3,4)16/h6-9,16H,2,5H2,1,3-4H3. The number of benzene rings is 1. The van der Waals surface area contributed by atoms with Crippen LogP contribution in [0.5, 0.6) is 0 Å². The molecular weight excluding hydrogens is 200 g/mol. The average Bonchev–Trinajstić information content (AvgIpc) is 2.26. The van der Waals surface area contributed by atoms with E-state index in [1.165, 1.54) is 13.8 Å². The van der Waals surface area contributed by atoms with E-state index in [0.717, 1.165) is 17.6 Å². The van der Waals surface area contributed by atoms with Crippen LogP contribution in [0.15, 0.2) is 30.8 Å². The van der Waals surface area contributed by atoms with Crippen molar-refractivity contribution in [2.45, 2.75) is 32.8 Å². The summed E-state index contributed by atoms with van der Waals surface area (Å²) < 4.78 is 0. The van der Waals surface area contributed by atoms with Crippen LogP contribution in [0.3, 0.4) is 0 Å². The molecule has 0 aliphatic carbocycles. The fourth-order valence-electron chi connectivity index (χ4n) is 1.41. The Morgan fingerprint density at radius 1 is 1.25 bits per heavy atom. The van der Waals surface area contributed by atoms with E-state index < -0.39 is 5.60 Å². The number of hydrogen-bond acceptors (Lipinski definition) is 2. The van der Waals surface area contributed by atoms with Crippen molar-refractivity contribution >= 4 is 11.4 Å². The minimum atomic E-state index is -1.32. The Balaban J connectivity index is 2.96. The van der Waals surface area contributed by atoms with E-state index >= 15 is 0 Å². The molecule has 0 atom stereocenters. The smallest absolute Gasteiger partial charge is 0.193 e. The van der Waals surface area contributed by atoms with Gasteiger partial charge in [0.1, 0.15) is 5.60 Å². The molecule has 0 amide bonds. The zero-order valence-corrected chi connectivity index (χ0v) is 10.1. The summed E-state index contributed by atoms with van der Waals surface area (Å²) in [5.41, 5.74) is 1.29. The molecule has 0 bridgehead atoms. The average molecular weight is 218 g/mol. The van der Waals surface area contributed by atoms with Crippen LogP contribution in [0.25, 0.3) is 5.57 Å². The lowest BCUT2D eigenvalue weighted by Crippen LogP contribution is -2.30. The first kappa shape index (κ1) is 12.7. The van der Waals surface area contributed by atoms with E-state index in [1.807, 2.05) is 19.1 Å². The third-order valence-electron chi connectivity index (χ3n) is 2.54. The van der Waals surface area contributed by atoms with E-state index in [4.69, 9.17) is 0 Å². The Bertz CT molecular complexity index is 394. The Hall–Kier alpha value is -1.41.